The van der Waals surface area contributed by atoms with Gasteiger partial charge in [-0.3, -0.25) is 0 Å². The van der Waals surface area contributed by atoms with Gasteiger partial charge in [0.15, 0.2) is 0 Å². The topological polar surface area (TPSA) is 6.48 Å². The number of fused-ring (bicyclic) bond motifs is 10. The van der Waals surface area contributed by atoms with E-state index >= 15 is 0 Å². The lowest BCUT2D eigenvalue weighted by atomic mass is 9.33. The molecule has 0 radical (unpaired) electrons. The van der Waals surface area contributed by atoms with Crippen LogP contribution in [0.4, 0.5) is 34.1 Å². The van der Waals surface area contributed by atoms with Gasteiger partial charge < -0.3 is 9.80 Å². The van der Waals surface area contributed by atoms with Crippen LogP contribution in [0.1, 0.15) is 185 Å². The molecule has 7 aromatic rings. The van der Waals surface area contributed by atoms with Gasteiger partial charge in [0.2, 0.25) is 0 Å². The van der Waals surface area contributed by atoms with E-state index < -0.39 is 6.85 Å². The molecule has 348 valence electrons. The first-order valence-electron chi connectivity index (χ1n) is 27.2. The monoisotopic (exact) mass is 916 g/mol. The average molecular weight is 916 g/mol. The van der Waals surface area contributed by atoms with Crippen LogP contribution in [-0.4, -0.2) is 6.71 Å². The maximum Gasteiger partial charge on any atom is 0.252 e. The summed E-state index contributed by atoms with van der Waals surface area (Å²) in [6, 6.07) is 35.5. The Morgan fingerprint density at radius 1 is 0.500 bits per heavy atom. The van der Waals surface area contributed by atoms with E-state index in [0.29, 0.717) is 5.56 Å². The summed E-state index contributed by atoms with van der Waals surface area (Å²) in [5.74, 6) is 0. The van der Waals surface area contributed by atoms with Crippen molar-refractivity contribution in [3.8, 4) is 0 Å². The summed E-state index contributed by atoms with van der Waals surface area (Å²) < 4.78 is 30.3. The Morgan fingerprint density at radius 2 is 1.03 bits per heavy atom. The van der Waals surface area contributed by atoms with Crippen LogP contribution in [0, 0.1) is 6.85 Å². The molecule has 0 amide bonds. The Hall–Kier alpha value is -4.80. The van der Waals surface area contributed by atoms with E-state index in [0.717, 1.165) is 60.5 Å². The summed E-state index contributed by atoms with van der Waals surface area (Å²) in [7, 11) is 0. The van der Waals surface area contributed by atoms with E-state index in [9.17, 15) is 4.11 Å². The van der Waals surface area contributed by atoms with Crippen molar-refractivity contribution in [1.29, 1.82) is 0 Å². The largest absolute Gasteiger partial charge is 0.311 e. The average Bonchev–Trinajstić information content (AvgIpc) is 3.74. The summed E-state index contributed by atoms with van der Waals surface area (Å²) in [6.45, 7) is 33.5. The van der Waals surface area contributed by atoms with Gasteiger partial charge in [0, 0.05) is 48.0 Å². The van der Waals surface area contributed by atoms with Gasteiger partial charge in [-0.15, -0.1) is 11.3 Å². The quantitative estimate of drug-likeness (QED) is 0.159. The molecular formula is C64H73BN2S. The molecule has 5 aliphatic rings. The Balaban J connectivity index is 1.24. The molecule has 0 saturated heterocycles. The van der Waals surface area contributed by atoms with E-state index in [1.807, 2.05) is 11.3 Å². The van der Waals surface area contributed by atoms with Crippen molar-refractivity contribution < 1.29 is 4.11 Å². The van der Waals surface area contributed by atoms with Gasteiger partial charge in [0.25, 0.3) is 6.71 Å². The molecule has 1 aromatic heterocycles. The number of rotatable bonds is 2. The number of thiophene rings is 1. The van der Waals surface area contributed by atoms with Gasteiger partial charge in [-0.25, -0.2) is 0 Å². The zero-order valence-electron chi connectivity index (χ0n) is 46.6. The summed E-state index contributed by atoms with van der Waals surface area (Å²) in [5, 5.41) is 2.50. The van der Waals surface area contributed by atoms with Crippen molar-refractivity contribution in [3.05, 3.63) is 136 Å². The van der Waals surface area contributed by atoms with Crippen LogP contribution in [0.5, 0.6) is 0 Å². The second-order valence-corrected chi connectivity index (χ2v) is 27.9. The molecule has 3 heterocycles. The molecule has 12 rings (SSSR count). The van der Waals surface area contributed by atoms with Crippen LogP contribution < -0.4 is 26.2 Å². The van der Waals surface area contributed by atoms with Crippen LogP contribution in [0.2, 0.25) is 0 Å². The Morgan fingerprint density at radius 3 is 1.63 bits per heavy atom. The third-order valence-corrected chi connectivity index (χ3v) is 19.4. The van der Waals surface area contributed by atoms with Gasteiger partial charge in [-0.1, -0.05) is 146 Å². The minimum absolute atomic E-state index is 0.0140. The number of benzene rings is 6. The number of nitrogens with zero attached hydrogens (tertiary/aromatic N) is 2. The lowest BCUT2D eigenvalue weighted by Gasteiger charge is -2.48. The highest BCUT2D eigenvalue weighted by atomic mass is 32.1. The number of anilines is 6. The molecule has 0 fully saturated rings. The smallest absolute Gasteiger partial charge is 0.252 e. The van der Waals surface area contributed by atoms with Crippen molar-refractivity contribution in [3.63, 3.8) is 0 Å². The Kier molecular flexibility index (Phi) is 8.29. The fraction of sp³-hybridized carbons (Fsp3) is 0.438. The SMILES string of the molecule is [2H]C([2H])([2H])c1cc2c3c(c1)N(c1cccc4c1sc1cc(C(C)(C)C)ccc14)c1cc4c(cc1B3c1cc3c(cc1N2c1ccc2c(c1)C(C)(C)CCC2(C)C)C(C)(C)CCC3(C)C)C(C)(C)CC4(C)C. The molecule has 0 saturated carbocycles. The highest BCUT2D eigenvalue weighted by molar-refractivity contribution is 7.26. The van der Waals surface area contributed by atoms with Crippen molar-refractivity contribution in [2.45, 2.75) is 181 Å². The van der Waals surface area contributed by atoms with Crippen LogP contribution in [0.15, 0.2) is 91.0 Å². The van der Waals surface area contributed by atoms with E-state index in [4.69, 9.17) is 0 Å². The Bertz CT molecular complexity index is 3460. The highest BCUT2D eigenvalue weighted by Gasteiger charge is 2.50. The number of hydrogen-bond donors (Lipinski definition) is 0. The molecule has 4 heteroatoms. The zero-order valence-corrected chi connectivity index (χ0v) is 44.4. The minimum Gasteiger partial charge on any atom is -0.311 e. The fourth-order valence-corrected chi connectivity index (χ4v) is 15.4. The van der Waals surface area contributed by atoms with Crippen molar-refractivity contribution >= 4 is 88.7 Å². The summed E-state index contributed by atoms with van der Waals surface area (Å²) in [6.07, 6.45) is 5.54. The second kappa shape index (κ2) is 13.7. The summed E-state index contributed by atoms with van der Waals surface area (Å²) in [5.41, 5.74) is 20.4. The molecule has 0 unspecified atom stereocenters. The predicted molar refractivity (Wildman–Crippen MR) is 298 cm³/mol. The van der Waals surface area contributed by atoms with Crippen molar-refractivity contribution in [1.82, 2.24) is 0 Å². The van der Waals surface area contributed by atoms with Gasteiger partial charge >= 0.3 is 0 Å². The first-order valence-corrected chi connectivity index (χ1v) is 26.5. The van der Waals surface area contributed by atoms with Crippen molar-refractivity contribution in [2.24, 2.45) is 0 Å². The van der Waals surface area contributed by atoms with Crippen molar-refractivity contribution in [2.75, 3.05) is 9.80 Å². The first-order chi connectivity index (χ1) is 32.9. The van der Waals surface area contributed by atoms with Gasteiger partial charge in [0.05, 0.1) is 10.4 Å². The molecular weight excluding hydrogens is 840 g/mol. The molecule has 2 nitrogen and oxygen atoms in total. The van der Waals surface area contributed by atoms with E-state index in [2.05, 4.69) is 205 Å². The maximum atomic E-state index is 9.27. The molecule has 68 heavy (non-hydrogen) atoms. The van der Waals surface area contributed by atoms with Gasteiger partial charge in [0.1, 0.15) is 0 Å². The third-order valence-electron chi connectivity index (χ3n) is 18.2. The van der Waals surface area contributed by atoms with Gasteiger partial charge in [-0.2, -0.15) is 0 Å². The molecule has 0 bridgehead atoms. The summed E-state index contributed by atoms with van der Waals surface area (Å²) >= 11 is 1.87. The Labute approximate surface area is 416 Å². The minimum atomic E-state index is -2.36. The predicted octanol–water partition coefficient (Wildman–Crippen LogP) is 16.4. The van der Waals surface area contributed by atoms with Crippen LogP contribution in [0.3, 0.4) is 0 Å². The molecule has 3 aliphatic carbocycles. The fourth-order valence-electron chi connectivity index (χ4n) is 14.2. The highest BCUT2D eigenvalue weighted by Crippen LogP contribution is 2.56. The molecule has 0 spiro atoms. The lowest BCUT2D eigenvalue weighted by molar-refractivity contribution is 0.332. The third kappa shape index (κ3) is 6.20. The van der Waals surface area contributed by atoms with Crippen LogP contribution in [0.25, 0.3) is 20.2 Å². The standard InChI is InChI=1S/C64H73BN2S/c1-37-28-53-56-54(29-37)67(50-19-17-18-41-40-22-20-38(58(2,3)4)30-55(40)68-57(41)50)52-35-47-45(63(13,14)36-64(47,15)16)33-49(52)65(56)48-32-44-46(62(11,12)27-26-61(44,9)10)34-51(48)66(53)39-21-23-42-43(31-39)60(7,8)25-24-59(42,5)6/h17-23,28-35H,24-27,36H2,1-16H3/i1D3. The van der Waals surface area contributed by atoms with Crippen LogP contribution in [-0.2, 0) is 37.9 Å². The van der Waals surface area contributed by atoms with E-state index in [1.54, 1.807) is 0 Å². The molecule has 2 aliphatic heterocycles. The zero-order chi connectivity index (χ0) is 50.7. The molecule has 6 aromatic carbocycles. The van der Waals surface area contributed by atoms with Gasteiger partial charge in [-0.05, 0) is 186 Å². The number of hydrogen-bond acceptors (Lipinski definition) is 3. The lowest BCUT2D eigenvalue weighted by Crippen LogP contribution is -2.62. The second-order valence-electron chi connectivity index (χ2n) is 26.9. The van der Waals surface area contributed by atoms with Crippen LogP contribution >= 0.6 is 11.3 Å². The normalized spacial score (nSPS) is 21.5. The maximum absolute atomic E-state index is 9.27. The number of aryl methyl sites for hydroxylation is 1. The molecule has 0 N–H and O–H groups in total. The summed E-state index contributed by atoms with van der Waals surface area (Å²) in [4.78, 5) is 5.02. The van der Waals surface area contributed by atoms with E-state index in [-0.39, 0.29) is 44.6 Å². The molecule has 0 atom stereocenters. The van der Waals surface area contributed by atoms with E-state index in [1.165, 1.54) is 81.2 Å². The first kappa shape index (κ1) is 41.0.